The van der Waals surface area contributed by atoms with Crippen LogP contribution in [0, 0.1) is 5.82 Å². The van der Waals surface area contributed by atoms with Crippen molar-refractivity contribution in [2.45, 2.75) is 4.90 Å². The summed E-state index contributed by atoms with van der Waals surface area (Å²) in [6, 6.07) is 17.6. The Morgan fingerprint density at radius 3 is 2.19 bits per heavy atom. The van der Waals surface area contributed by atoms with Gasteiger partial charge >= 0.3 is 0 Å². The maximum absolute atomic E-state index is 13.4. The van der Waals surface area contributed by atoms with Gasteiger partial charge in [-0.25, -0.2) is 12.8 Å². The smallest absolute Gasteiger partial charge is 0.264 e. The molecule has 3 rings (SSSR count). The zero-order valence-electron chi connectivity index (χ0n) is 16.9. The van der Waals surface area contributed by atoms with Gasteiger partial charge in [0.15, 0.2) is 11.5 Å². The van der Waals surface area contributed by atoms with Crippen molar-refractivity contribution in [1.29, 1.82) is 0 Å². The monoisotopic (exact) mass is 444 g/mol. The molecule has 0 unspecified atom stereocenters. The number of carbonyl (C=O) groups is 1. The third-order valence-corrected chi connectivity index (χ3v) is 6.17. The highest BCUT2D eigenvalue weighted by atomic mass is 32.2. The molecule has 31 heavy (non-hydrogen) atoms. The van der Waals surface area contributed by atoms with E-state index in [-0.39, 0.29) is 10.6 Å². The van der Waals surface area contributed by atoms with Crippen molar-refractivity contribution in [1.82, 2.24) is 0 Å². The van der Waals surface area contributed by atoms with Gasteiger partial charge in [0.2, 0.25) is 5.91 Å². The predicted molar refractivity (Wildman–Crippen MR) is 116 cm³/mol. The van der Waals surface area contributed by atoms with Crippen LogP contribution in [0.1, 0.15) is 0 Å². The van der Waals surface area contributed by atoms with Crippen molar-refractivity contribution in [3.05, 3.63) is 78.6 Å². The van der Waals surface area contributed by atoms with Crippen molar-refractivity contribution in [2.75, 3.05) is 30.4 Å². The molecule has 0 saturated heterocycles. The number of benzene rings is 3. The van der Waals surface area contributed by atoms with E-state index in [0.29, 0.717) is 17.1 Å². The fourth-order valence-corrected chi connectivity index (χ4v) is 4.31. The second kappa shape index (κ2) is 9.48. The minimum Gasteiger partial charge on any atom is -0.493 e. The fraction of sp³-hybridized carbons (Fsp3) is 0.136. The number of amides is 1. The number of ether oxygens (including phenoxy) is 2. The first-order valence-electron chi connectivity index (χ1n) is 9.20. The number of methoxy groups -OCH3 is 2. The van der Waals surface area contributed by atoms with Gasteiger partial charge in [-0.05, 0) is 48.5 Å². The maximum Gasteiger partial charge on any atom is 0.264 e. The van der Waals surface area contributed by atoms with Gasteiger partial charge in [0.25, 0.3) is 10.0 Å². The van der Waals surface area contributed by atoms with Crippen molar-refractivity contribution < 1.29 is 27.1 Å². The Balaban J connectivity index is 1.95. The molecule has 0 atom stereocenters. The summed E-state index contributed by atoms with van der Waals surface area (Å²) in [6.07, 6.45) is 0. The van der Waals surface area contributed by atoms with Crippen LogP contribution < -0.4 is 19.1 Å². The molecule has 0 radical (unpaired) electrons. The van der Waals surface area contributed by atoms with Crippen molar-refractivity contribution in [2.24, 2.45) is 0 Å². The number of anilines is 2. The minimum atomic E-state index is -4.13. The average molecular weight is 444 g/mol. The number of halogens is 1. The minimum absolute atomic E-state index is 0.0661. The molecule has 0 bridgehead atoms. The second-order valence-electron chi connectivity index (χ2n) is 6.42. The highest BCUT2D eigenvalue weighted by Gasteiger charge is 2.28. The maximum atomic E-state index is 13.4. The molecule has 0 aromatic heterocycles. The van der Waals surface area contributed by atoms with E-state index >= 15 is 0 Å². The van der Waals surface area contributed by atoms with Crippen LogP contribution in [-0.4, -0.2) is 35.1 Å². The Labute approximate surface area is 180 Å². The van der Waals surface area contributed by atoms with Gasteiger partial charge in [0.05, 0.1) is 24.8 Å². The Bertz CT molecular complexity index is 1150. The fourth-order valence-electron chi connectivity index (χ4n) is 2.88. The molecule has 9 heteroatoms. The van der Waals surface area contributed by atoms with Crippen molar-refractivity contribution >= 4 is 27.3 Å². The molecule has 3 aromatic carbocycles. The third kappa shape index (κ3) is 5.13. The standard InChI is InChI=1S/C22H21FN2O5S/c1-29-20-13-12-19(14-21(20)30-2)31(27,28)25(18-6-4-3-5-7-18)15-22(26)24-17-10-8-16(23)9-11-17/h3-14H,15H2,1-2H3,(H,24,26). The van der Waals surface area contributed by atoms with Crippen LogP contribution in [0.5, 0.6) is 11.5 Å². The molecule has 0 fully saturated rings. The normalized spacial score (nSPS) is 10.9. The van der Waals surface area contributed by atoms with Crippen LogP contribution in [0.2, 0.25) is 0 Å². The summed E-state index contributed by atoms with van der Waals surface area (Å²) in [6.45, 7) is -0.488. The summed E-state index contributed by atoms with van der Waals surface area (Å²) in [5.74, 6) is -0.409. The van der Waals surface area contributed by atoms with Gasteiger partial charge in [0, 0.05) is 11.8 Å². The molecule has 0 aliphatic heterocycles. The highest BCUT2D eigenvalue weighted by molar-refractivity contribution is 7.92. The molecule has 3 aromatic rings. The number of hydrogen-bond acceptors (Lipinski definition) is 5. The lowest BCUT2D eigenvalue weighted by atomic mass is 10.3. The van der Waals surface area contributed by atoms with Gasteiger partial charge in [0.1, 0.15) is 12.4 Å². The van der Waals surface area contributed by atoms with Crippen molar-refractivity contribution in [3.8, 4) is 11.5 Å². The van der Waals surface area contributed by atoms with Gasteiger partial charge in [-0.3, -0.25) is 9.10 Å². The van der Waals surface area contributed by atoms with Crippen LogP contribution in [-0.2, 0) is 14.8 Å². The van der Waals surface area contributed by atoms with E-state index < -0.39 is 28.3 Å². The lowest BCUT2D eigenvalue weighted by Crippen LogP contribution is -2.38. The largest absolute Gasteiger partial charge is 0.493 e. The van der Waals surface area contributed by atoms with E-state index in [4.69, 9.17) is 9.47 Å². The van der Waals surface area contributed by atoms with E-state index in [1.807, 2.05) is 0 Å². The number of carbonyl (C=O) groups excluding carboxylic acids is 1. The SMILES string of the molecule is COc1ccc(S(=O)(=O)N(CC(=O)Nc2ccc(F)cc2)c2ccccc2)cc1OC. The third-order valence-electron chi connectivity index (χ3n) is 4.40. The first kappa shape index (κ1) is 22.1. The summed E-state index contributed by atoms with van der Waals surface area (Å²) in [7, 11) is -1.28. The quantitative estimate of drug-likeness (QED) is 0.573. The number of rotatable bonds is 8. The Morgan fingerprint density at radius 1 is 0.935 bits per heavy atom. The topological polar surface area (TPSA) is 84.9 Å². The number of nitrogens with zero attached hydrogens (tertiary/aromatic N) is 1. The second-order valence-corrected chi connectivity index (χ2v) is 8.28. The molecule has 7 nitrogen and oxygen atoms in total. The zero-order chi connectivity index (χ0) is 22.4. The van der Waals surface area contributed by atoms with Crippen LogP contribution in [0.4, 0.5) is 15.8 Å². The first-order chi connectivity index (χ1) is 14.8. The number of para-hydroxylation sites is 1. The van der Waals surface area contributed by atoms with E-state index in [1.54, 1.807) is 30.3 Å². The van der Waals surface area contributed by atoms with E-state index in [2.05, 4.69) is 5.32 Å². The molecule has 0 saturated carbocycles. The lowest BCUT2D eigenvalue weighted by Gasteiger charge is -2.24. The summed E-state index contributed by atoms with van der Waals surface area (Å²) >= 11 is 0. The molecule has 0 spiro atoms. The van der Waals surface area contributed by atoms with Crippen LogP contribution in [0.3, 0.4) is 0 Å². The Kier molecular flexibility index (Phi) is 6.76. The van der Waals surface area contributed by atoms with E-state index in [9.17, 15) is 17.6 Å². The van der Waals surface area contributed by atoms with Gasteiger partial charge in [-0.2, -0.15) is 0 Å². The summed E-state index contributed by atoms with van der Waals surface area (Å²) in [4.78, 5) is 12.6. The molecule has 1 amide bonds. The first-order valence-corrected chi connectivity index (χ1v) is 10.6. The Morgan fingerprint density at radius 2 is 1.58 bits per heavy atom. The summed E-state index contributed by atoms with van der Waals surface area (Å²) in [5, 5.41) is 2.58. The Hall–Kier alpha value is -3.59. The van der Waals surface area contributed by atoms with Gasteiger partial charge in [-0.1, -0.05) is 18.2 Å². The molecular formula is C22H21FN2O5S. The molecule has 1 N–H and O–H groups in total. The summed E-state index contributed by atoms with van der Waals surface area (Å²) in [5.41, 5.74) is 0.662. The highest BCUT2D eigenvalue weighted by Crippen LogP contribution is 2.32. The van der Waals surface area contributed by atoms with Crippen LogP contribution >= 0.6 is 0 Å². The van der Waals surface area contributed by atoms with Crippen molar-refractivity contribution in [3.63, 3.8) is 0 Å². The predicted octanol–water partition coefficient (Wildman–Crippen LogP) is 3.68. The number of sulfonamides is 1. The molecular weight excluding hydrogens is 423 g/mol. The van der Waals surface area contributed by atoms with Gasteiger partial charge in [-0.15, -0.1) is 0 Å². The zero-order valence-corrected chi connectivity index (χ0v) is 17.7. The average Bonchev–Trinajstić information content (AvgIpc) is 2.79. The van der Waals surface area contributed by atoms with E-state index in [1.165, 1.54) is 56.7 Å². The number of nitrogens with one attached hydrogen (secondary N) is 1. The summed E-state index contributed by atoms with van der Waals surface area (Å²) < 4.78 is 51.3. The molecule has 0 aliphatic rings. The molecule has 0 aliphatic carbocycles. The van der Waals surface area contributed by atoms with Crippen LogP contribution in [0.15, 0.2) is 77.7 Å². The lowest BCUT2D eigenvalue weighted by molar-refractivity contribution is -0.114. The number of hydrogen-bond donors (Lipinski definition) is 1. The van der Waals surface area contributed by atoms with Gasteiger partial charge < -0.3 is 14.8 Å². The molecule has 0 heterocycles. The van der Waals surface area contributed by atoms with E-state index in [0.717, 1.165) is 4.31 Å². The van der Waals surface area contributed by atoms with Crippen LogP contribution in [0.25, 0.3) is 0 Å². The molecule has 162 valence electrons.